The van der Waals surface area contributed by atoms with Crippen LogP contribution in [0.5, 0.6) is 5.75 Å². The fourth-order valence-corrected chi connectivity index (χ4v) is 5.42. The average molecular weight is 327 g/mol. The van der Waals surface area contributed by atoms with Crippen LogP contribution in [0.4, 0.5) is 0 Å². The summed E-state index contributed by atoms with van der Waals surface area (Å²) < 4.78 is 5.86. The summed E-state index contributed by atoms with van der Waals surface area (Å²) in [6.07, 6.45) is 7.90. The van der Waals surface area contributed by atoms with Gasteiger partial charge in [-0.2, -0.15) is 0 Å². The summed E-state index contributed by atoms with van der Waals surface area (Å²) in [5.41, 5.74) is 0.726. The van der Waals surface area contributed by atoms with Crippen molar-refractivity contribution in [1.29, 1.82) is 0 Å². The van der Waals surface area contributed by atoms with E-state index in [-0.39, 0.29) is 12.0 Å². The van der Waals surface area contributed by atoms with Crippen LogP contribution in [-0.4, -0.2) is 18.1 Å². The number of hydrogen-bond acceptors (Lipinski definition) is 2. The lowest BCUT2D eigenvalue weighted by atomic mass is 9.54. The predicted octanol–water partition coefficient (Wildman–Crippen LogP) is 4.42. The van der Waals surface area contributed by atoms with Gasteiger partial charge < -0.3 is 10.1 Å². The number of benzene rings is 1. The number of nitrogens with one attached hydrogen (secondary N) is 1. The van der Waals surface area contributed by atoms with Crippen LogP contribution in [0.1, 0.15) is 62.7 Å². The Kier molecular flexibility index (Phi) is 4.28. The zero-order valence-electron chi connectivity index (χ0n) is 14.8. The molecule has 3 heteroatoms. The van der Waals surface area contributed by atoms with Crippen LogP contribution in [0.2, 0.25) is 0 Å². The normalized spacial score (nSPS) is 34.8. The Bertz CT molecular complexity index is 584. The molecule has 24 heavy (non-hydrogen) atoms. The zero-order chi connectivity index (χ0) is 16.7. The first-order valence-corrected chi connectivity index (χ1v) is 9.70. The fourth-order valence-electron chi connectivity index (χ4n) is 5.42. The molecule has 4 saturated carbocycles. The molecule has 4 fully saturated rings. The van der Waals surface area contributed by atoms with Gasteiger partial charge >= 0.3 is 0 Å². The van der Waals surface area contributed by atoms with Gasteiger partial charge in [0.15, 0.2) is 0 Å². The van der Waals surface area contributed by atoms with Crippen molar-refractivity contribution in [2.24, 2.45) is 23.7 Å². The minimum Gasteiger partial charge on any atom is -0.491 e. The summed E-state index contributed by atoms with van der Waals surface area (Å²) in [4.78, 5) is 12.8. The molecule has 4 aliphatic rings. The van der Waals surface area contributed by atoms with E-state index in [4.69, 9.17) is 4.74 Å². The highest BCUT2D eigenvalue weighted by atomic mass is 16.5. The van der Waals surface area contributed by atoms with Crippen molar-refractivity contribution in [2.45, 2.75) is 64.5 Å². The van der Waals surface area contributed by atoms with E-state index in [9.17, 15) is 4.79 Å². The second-order valence-corrected chi connectivity index (χ2v) is 8.29. The third-order valence-corrected chi connectivity index (χ3v) is 6.53. The number of ether oxygens (including phenoxy) is 1. The predicted molar refractivity (Wildman–Crippen MR) is 95.1 cm³/mol. The van der Waals surface area contributed by atoms with Crippen molar-refractivity contribution in [3.05, 3.63) is 29.8 Å². The van der Waals surface area contributed by atoms with Gasteiger partial charge in [-0.25, -0.2) is 0 Å². The molecule has 1 aromatic carbocycles. The van der Waals surface area contributed by atoms with E-state index in [0.29, 0.717) is 17.9 Å². The molecule has 0 aliphatic heterocycles. The van der Waals surface area contributed by atoms with E-state index in [1.807, 2.05) is 24.3 Å². The van der Waals surface area contributed by atoms with Crippen molar-refractivity contribution in [3.8, 4) is 5.75 Å². The minimum atomic E-state index is 0.0714. The number of carbonyl (C=O) groups is 1. The van der Waals surface area contributed by atoms with Gasteiger partial charge in [0.25, 0.3) is 5.91 Å². The molecular weight excluding hydrogens is 298 g/mol. The van der Waals surface area contributed by atoms with Crippen LogP contribution in [0, 0.1) is 23.7 Å². The molecule has 130 valence electrons. The van der Waals surface area contributed by atoms with E-state index >= 15 is 0 Å². The zero-order valence-corrected chi connectivity index (χ0v) is 14.8. The molecule has 3 nitrogen and oxygen atoms in total. The molecule has 0 aromatic heterocycles. The standard InChI is InChI=1S/C21H29NO2/c1-3-13(2)24-19-6-4-5-16(12-19)21(23)22-20-17-8-14-7-15(10-17)11-18(20)9-14/h4-6,12-15,17-18,20H,3,7-11H2,1-2H3,(H,22,23). The summed E-state index contributed by atoms with van der Waals surface area (Å²) in [7, 11) is 0. The highest BCUT2D eigenvalue weighted by Crippen LogP contribution is 2.53. The Morgan fingerprint density at radius 2 is 1.83 bits per heavy atom. The average Bonchev–Trinajstić information content (AvgIpc) is 2.57. The van der Waals surface area contributed by atoms with Gasteiger partial charge in [-0.1, -0.05) is 13.0 Å². The monoisotopic (exact) mass is 327 g/mol. The second-order valence-electron chi connectivity index (χ2n) is 8.29. The number of amides is 1. The van der Waals surface area contributed by atoms with Crippen molar-refractivity contribution < 1.29 is 9.53 Å². The Labute approximate surface area is 145 Å². The van der Waals surface area contributed by atoms with Gasteiger partial charge in [0, 0.05) is 11.6 Å². The molecule has 0 heterocycles. The lowest BCUT2D eigenvalue weighted by Gasteiger charge is -2.54. The lowest BCUT2D eigenvalue weighted by Crippen LogP contribution is -2.55. The molecule has 0 radical (unpaired) electrons. The minimum absolute atomic E-state index is 0.0714. The second kappa shape index (κ2) is 6.42. The van der Waals surface area contributed by atoms with Gasteiger partial charge in [0.05, 0.1) is 6.10 Å². The number of hydrogen-bond donors (Lipinski definition) is 1. The van der Waals surface area contributed by atoms with Crippen LogP contribution in [-0.2, 0) is 0 Å². The first-order valence-electron chi connectivity index (χ1n) is 9.70. The summed E-state index contributed by atoms with van der Waals surface area (Å²) >= 11 is 0. The maximum Gasteiger partial charge on any atom is 0.251 e. The fraction of sp³-hybridized carbons (Fsp3) is 0.667. The van der Waals surface area contributed by atoms with E-state index in [0.717, 1.165) is 29.6 Å². The summed E-state index contributed by atoms with van der Waals surface area (Å²) in [6, 6.07) is 8.03. The topological polar surface area (TPSA) is 38.3 Å². The van der Waals surface area contributed by atoms with Crippen molar-refractivity contribution in [2.75, 3.05) is 0 Å². The molecule has 1 unspecified atom stereocenters. The molecule has 1 aromatic rings. The first kappa shape index (κ1) is 16.0. The SMILES string of the molecule is CCC(C)Oc1cccc(C(=O)NC2C3CC4CC(C3)CC2C4)c1. The Morgan fingerprint density at radius 1 is 1.17 bits per heavy atom. The summed E-state index contributed by atoms with van der Waals surface area (Å²) in [5.74, 6) is 4.17. The van der Waals surface area contributed by atoms with Gasteiger partial charge in [0.1, 0.15) is 5.75 Å². The molecule has 4 aliphatic carbocycles. The van der Waals surface area contributed by atoms with Crippen LogP contribution in [0.3, 0.4) is 0 Å². The highest BCUT2D eigenvalue weighted by molar-refractivity contribution is 5.94. The smallest absolute Gasteiger partial charge is 0.251 e. The first-order chi connectivity index (χ1) is 11.6. The Balaban J connectivity index is 1.44. The van der Waals surface area contributed by atoms with Crippen LogP contribution in [0.25, 0.3) is 0 Å². The van der Waals surface area contributed by atoms with Gasteiger partial charge in [-0.3, -0.25) is 4.79 Å². The van der Waals surface area contributed by atoms with E-state index in [1.54, 1.807) is 0 Å². The largest absolute Gasteiger partial charge is 0.491 e. The summed E-state index contributed by atoms with van der Waals surface area (Å²) in [6.45, 7) is 4.16. The van der Waals surface area contributed by atoms with E-state index in [1.165, 1.54) is 32.1 Å². The third kappa shape index (κ3) is 3.05. The van der Waals surface area contributed by atoms with Crippen molar-refractivity contribution in [1.82, 2.24) is 5.32 Å². The quantitative estimate of drug-likeness (QED) is 0.869. The highest BCUT2D eigenvalue weighted by Gasteiger charge is 2.48. The molecule has 1 amide bonds. The van der Waals surface area contributed by atoms with Crippen LogP contribution < -0.4 is 10.1 Å². The molecule has 1 atom stereocenters. The van der Waals surface area contributed by atoms with Gasteiger partial charge in [-0.05, 0) is 87.3 Å². The van der Waals surface area contributed by atoms with E-state index in [2.05, 4.69) is 19.2 Å². The van der Waals surface area contributed by atoms with Crippen LogP contribution >= 0.6 is 0 Å². The maximum atomic E-state index is 12.8. The lowest BCUT2D eigenvalue weighted by molar-refractivity contribution is -0.0119. The van der Waals surface area contributed by atoms with Gasteiger partial charge in [-0.15, -0.1) is 0 Å². The third-order valence-electron chi connectivity index (χ3n) is 6.53. The molecule has 1 N–H and O–H groups in total. The molecule has 0 saturated heterocycles. The maximum absolute atomic E-state index is 12.8. The van der Waals surface area contributed by atoms with Crippen LogP contribution in [0.15, 0.2) is 24.3 Å². The van der Waals surface area contributed by atoms with Gasteiger partial charge in [0.2, 0.25) is 0 Å². The summed E-state index contributed by atoms with van der Waals surface area (Å²) in [5, 5.41) is 3.38. The van der Waals surface area contributed by atoms with Crippen molar-refractivity contribution >= 4 is 5.91 Å². The molecule has 5 rings (SSSR count). The molecule has 0 spiro atoms. The Hall–Kier alpha value is -1.51. The van der Waals surface area contributed by atoms with Crippen molar-refractivity contribution in [3.63, 3.8) is 0 Å². The van der Waals surface area contributed by atoms with E-state index < -0.39 is 0 Å². The molecule has 4 bridgehead atoms. The Morgan fingerprint density at radius 3 is 2.46 bits per heavy atom. The number of rotatable bonds is 5. The number of carbonyl (C=O) groups excluding carboxylic acids is 1. The molecular formula is C21H29NO2.